The van der Waals surface area contributed by atoms with Crippen molar-refractivity contribution in [2.24, 2.45) is 0 Å². The maximum Gasteiger partial charge on any atom is 0.314 e. The quantitative estimate of drug-likeness (QED) is 0.563. The molecule has 0 saturated carbocycles. The number of nitrogens with zero attached hydrogens (tertiary/aromatic N) is 1. The number of benzene rings is 2. The fraction of sp³-hybridized carbons (Fsp3) is 0.217. The van der Waals surface area contributed by atoms with Crippen LogP contribution < -0.4 is 14.9 Å². The van der Waals surface area contributed by atoms with Crippen LogP contribution in [0.1, 0.15) is 23.1 Å². The van der Waals surface area contributed by atoms with Gasteiger partial charge in [-0.15, -0.1) is 11.3 Å². The fourth-order valence-electron chi connectivity index (χ4n) is 3.58. The van der Waals surface area contributed by atoms with E-state index in [0.29, 0.717) is 30.0 Å². The second-order valence-electron chi connectivity index (χ2n) is 7.66. The average molecular weight is 470 g/mol. The Hall–Kier alpha value is -3.17. The molecule has 0 radical (unpaired) electrons. The number of carbonyl (C=O) groups excluding carboxylic acids is 2. The first-order chi connectivity index (χ1) is 15.3. The van der Waals surface area contributed by atoms with Crippen molar-refractivity contribution >= 4 is 50.2 Å². The molecule has 2 aromatic carbocycles. The number of sulfonamides is 1. The van der Waals surface area contributed by atoms with Gasteiger partial charge in [0.15, 0.2) is 0 Å². The van der Waals surface area contributed by atoms with Crippen molar-refractivity contribution in [3.8, 4) is 0 Å². The van der Waals surface area contributed by atoms with E-state index in [4.69, 9.17) is 0 Å². The van der Waals surface area contributed by atoms with Crippen molar-refractivity contribution in [2.75, 3.05) is 21.5 Å². The molecule has 2 heterocycles. The second-order valence-corrected chi connectivity index (χ2v) is 10.7. The Kier molecular flexibility index (Phi) is 6.03. The summed E-state index contributed by atoms with van der Waals surface area (Å²) in [5.41, 5.74) is 4.39. The largest absolute Gasteiger partial charge is 0.318 e. The van der Waals surface area contributed by atoms with Gasteiger partial charge in [-0.05, 0) is 79.1 Å². The van der Waals surface area contributed by atoms with Gasteiger partial charge in [0, 0.05) is 17.9 Å². The normalized spacial score (nSPS) is 13.4. The highest BCUT2D eigenvalue weighted by Gasteiger charge is 2.30. The molecule has 4 rings (SSSR count). The summed E-state index contributed by atoms with van der Waals surface area (Å²) in [7, 11) is -3.68. The molecule has 2 amide bonds. The van der Waals surface area contributed by atoms with E-state index in [2.05, 4.69) is 10.6 Å². The van der Waals surface area contributed by atoms with Crippen LogP contribution in [0.3, 0.4) is 0 Å². The van der Waals surface area contributed by atoms with Gasteiger partial charge in [0.1, 0.15) is 4.21 Å². The zero-order chi connectivity index (χ0) is 22.9. The molecule has 0 saturated heterocycles. The lowest BCUT2D eigenvalue weighted by Gasteiger charge is -2.30. The van der Waals surface area contributed by atoms with Crippen LogP contribution >= 0.6 is 11.3 Å². The Balaban J connectivity index is 1.53. The minimum absolute atomic E-state index is 0.271. The number of hydrogen-bond donors (Lipinski definition) is 2. The van der Waals surface area contributed by atoms with Crippen molar-refractivity contribution in [3.63, 3.8) is 0 Å². The Labute approximate surface area is 191 Å². The van der Waals surface area contributed by atoms with Gasteiger partial charge in [-0.3, -0.25) is 13.9 Å². The van der Waals surface area contributed by atoms with Crippen molar-refractivity contribution in [2.45, 2.75) is 30.9 Å². The van der Waals surface area contributed by atoms with E-state index in [1.807, 2.05) is 19.9 Å². The number of thiophene rings is 1. The number of carbonyl (C=O) groups is 2. The summed E-state index contributed by atoms with van der Waals surface area (Å²) < 4.78 is 27.8. The standard InChI is InChI=1S/C23H23N3O4S2/c1-15-7-9-18(13-16(15)2)24-22(27)23(28)25-19-10-8-17-5-3-11-26(20(17)14-19)32(29,30)21-6-4-12-31-21/h4,6-10,12-14H,3,5,11H2,1-2H3,(H,24,27)(H,25,28). The highest BCUT2D eigenvalue weighted by atomic mass is 32.2. The van der Waals surface area contributed by atoms with Crippen molar-refractivity contribution < 1.29 is 18.0 Å². The Morgan fingerprint density at radius 3 is 2.28 bits per heavy atom. The Morgan fingerprint density at radius 2 is 1.62 bits per heavy atom. The minimum atomic E-state index is -3.68. The molecular weight excluding hydrogens is 446 g/mol. The molecule has 0 atom stereocenters. The van der Waals surface area contributed by atoms with Crippen molar-refractivity contribution in [1.82, 2.24) is 0 Å². The summed E-state index contributed by atoms with van der Waals surface area (Å²) in [6.07, 6.45) is 1.45. The van der Waals surface area contributed by atoms with Gasteiger partial charge in [-0.25, -0.2) is 8.42 Å². The third-order valence-corrected chi connectivity index (χ3v) is 8.62. The number of hydrogen-bond acceptors (Lipinski definition) is 5. The first-order valence-electron chi connectivity index (χ1n) is 10.1. The highest BCUT2D eigenvalue weighted by Crippen LogP contribution is 2.35. The van der Waals surface area contributed by atoms with E-state index in [0.717, 1.165) is 23.1 Å². The van der Waals surface area contributed by atoms with Gasteiger partial charge in [0.25, 0.3) is 10.0 Å². The van der Waals surface area contributed by atoms with E-state index in [9.17, 15) is 18.0 Å². The third kappa shape index (κ3) is 4.39. The summed E-state index contributed by atoms with van der Waals surface area (Å²) in [4.78, 5) is 24.8. The third-order valence-electron chi connectivity index (χ3n) is 5.43. The maximum absolute atomic E-state index is 13.1. The molecule has 1 aliphatic heterocycles. The monoisotopic (exact) mass is 469 g/mol. The van der Waals surface area contributed by atoms with Crippen LogP contribution in [0.2, 0.25) is 0 Å². The van der Waals surface area contributed by atoms with Crippen molar-refractivity contribution in [3.05, 3.63) is 70.6 Å². The summed E-state index contributed by atoms with van der Waals surface area (Å²) in [6, 6.07) is 13.8. The molecule has 0 unspecified atom stereocenters. The number of amides is 2. The van der Waals surface area contributed by atoms with Crippen LogP contribution in [0.5, 0.6) is 0 Å². The Bertz CT molecular complexity index is 1280. The van der Waals surface area contributed by atoms with Gasteiger partial charge in [-0.1, -0.05) is 18.2 Å². The molecule has 32 heavy (non-hydrogen) atoms. The molecule has 0 spiro atoms. The van der Waals surface area contributed by atoms with Gasteiger partial charge < -0.3 is 10.6 Å². The predicted molar refractivity (Wildman–Crippen MR) is 127 cm³/mol. The number of fused-ring (bicyclic) bond motifs is 1. The molecule has 166 valence electrons. The second kappa shape index (κ2) is 8.76. The SMILES string of the molecule is Cc1ccc(NC(=O)C(=O)Nc2ccc3c(c2)N(S(=O)(=O)c2cccs2)CCC3)cc1C. The lowest BCUT2D eigenvalue weighted by molar-refractivity contribution is -0.132. The molecule has 0 fully saturated rings. The molecule has 9 heteroatoms. The maximum atomic E-state index is 13.1. The molecule has 2 N–H and O–H groups in total. The number of aryl methyl sites for hydroxylation is 3. The average Bonchev–Trinajstić information content (AvgIpc) is 3.31. The van der Waals surface area contributed by atoms with E-state index in [1.165, 1.54) is 15.6 Å². The first kappa shape index (κ1) is 22.0. The van der Waals surface area contributed by atoms with E-state index < -0.39 is 21.8 Å². The van der Waals surface area contributed by atoms with Gasteiger partial charge in [0.05, 0.1) is 5.69 Å². The zero-order valence-electron chi connectivity index (χ0n) is 17.7. The minimum Gasteiger partial charge on any atom is -0.318 e. The van der Waals surface area contributed by atoms with E-state index >= 15 is 0 Å². The lowest BCUT2D eigenvalue weighted by Crippen LogP contribution is -2.35. The number of anilines is 3. The van der Waals surface area contributed by atoms with Gasteiger partial charge in [-0.2, -0.15) is 0 Å². The van der Waals surface area contributed by atoms with Gasteiger partial charge in [0.2, 0.25) is 0 Å². The molecule has 3 aromatic rings. The van der Waals surface area contributed by atoms with Crippen LogP contribution in [0.25, 0.3) is 0 Å². The van der Waals surface area contributed by atoms with Crippen LogP contribution in [0.15, 0.2) is 58.1 Å². The number of nitrogens with one attached hydrogen (secondary N) is 2. The van der Waals surface area contributed by atoms with Crippen LogP contribution in [-0.2, 0) is 26.0 Å². The van der Waals surface area contributed by atoms with Gasteiger partial charge >= 0.3 is 11.8 Å². The predicted octanol–water partition coefficient (Wildman–Crippen LogP) is 4.08. The molecular formula is C23H23N3O4S2. The van der Waals surface area contributed by atoms with Crippen LogP contribution in [0, 0.1) is 13.8 Å². The molecule has 0 bridgehead atoms. The molecule has 7 nitrogen and oxygen atoms in total. The lowest BCUT2D eigenvalue weighted by atomic mass is 10.0. The Morgan fingerprint density at radius 1 is 0.938 bits per heavy atom. The highest BCUT2D eigenvalue weighted by molar-refractivity contribution is 7.94. The summed E-state index contributed by atoms with van der Waals surface area (Å²) in [5, 5.41) is 6.89. The van der Waals surface area contributed by atoms with E-state index in [-0.39, 0.29) is 4.21 Å². The number of rotatable bonds is 4. The first-order valence-corrected chi connectivity index (χ1v) is 12.5. The molecule has 1 aliphatic rings. The fourth-order valence-corrected chi connectivity index (χ4v) is 6.22. The molecule has 0 aliphatic carbocycles. The summed E-state index contributed by atoms with van der Waals surface area (Å²) in [6.45, 7) is 4.25. The smallest absolute Gasteiger partial charge is 0.314 e. The van der Waals surface area contributed by atoms with Crippen molar-refractivity contribution in [1.29, 1.82) is 0 Å². The van der Waals surface area contributed by atoms with Crippen LogP contribution in [-0.4, -0.2) is 26.8 Å². The van der Waals surface area contributed by atoms with Crippen LogP contribution in [0.4, 0.5) is 17.1 Å². The molecule has 1 aromatic heterocycles. The summed E-state index contributed by atoms with van der Waals surface area (Å²) >= 11 is 1.17. The van der Waals surface area contributed by atoms with E-state index in [1.54, 1.807) is 47.8 Å². The summed E-state index contributed by atoms with van der Waals surface area (Å²) in [5.74, 6) is -1.62. The topological polar surface area (TPSA) is 95.6 Å². The zero-order valence-corrected chi connectivity index (χ0v) is 19.3.